The van der Waals surface area contributed by atoms with Gasteiger partial charge in [0, 0.05) is 6.42 Å². The number of aromatic carboxylic acids is 1. The topological polar surface area (TPSA) is 80.9 Å². The van der Waals surface area contributed by atoms with E-state index in [2.05, 4.69) is 15.5 Å². The molecule has 18 heavy (non-hydrogen) atoms. The van der Waals surface area contributed by atoms with Gasteiger partial charge in [0.05, 0.1) is 11.3 Å². The molecule has 1 heterocycles. The van der Waals surface area contributed by atoms with Gasteiger partial charge >= 0.3 is 5.97 Å². The average molecular weight is 250 g/mol. The third-order valence-corrected chi connectivity index (χ3v) is 2.43. The number of rotatable bonds is 4. The minimum Gasteiger partial charge on any atom is -0.478 e. The molecule has 2 rings (SSSR count). The van der Waals surface area contributed by atoms with Crippen molar-refractivity contribution in [3.8, 4) is 5.69 Å². The van der Waals surface area contributed by atoms with Crippen molar-refractivity contribution in [1.29, 1.82) is 0 Å². The summed E-state index contributed by atoms with van der Waals surface area (Å²) in [5.74, 6) is -1.49. The van der Waals surface area contributed by atoms with Crippen molar-refractivity contribution >= 4 is 5.97 Å². The van der Waals surface area contributed by atoms with Crippen molar-refractivity contribution < 1.29 is 14.3 Å². The van der Waals surface area contributed by atoms with Gasteiger partial charge in [0.1, 0.15) is 5.82 Å². The standard InChI is InChI=1S/C11H11FN4O2/c1-2-3-10-13-14-15-16(10)7-4-5-9(12)8(6-7)11(17)18/h4-6H,2-3H2,1H3,(H,17,18). The second-order valence-corrected chi connectivity index (χ2v) is 3.73. The monoisotopic (exact) mass is 250 g/mol. The van der Waals surface area contributed by atoms with Crippen LogP contribution in [-0.4, -0.2) is 31.3 Å². The van der Waals surface area contributed by atoms with Crippen molar-refractivity contribution in [3.05, 3.63) is 35.4 Å². The molecule has 0 unspecified atom stereocenters. The van der Waals surface area contributed by atoms with Crippen LogP contribution in [0, 0.1) is 5.82 Å². The highest BCUT2D eigenvalue weighted by atomic mass is 19.1. The fraction of sp³-hybridized carbons (Fsp3) is 0.273. The summed E-state index contributed by atoms with van der Waals surface area (Å²) >= 11 is 0. The molecule has 0 bridgehead atoms. The number of aryl methyl sites for hydroxylation is 1. The molecule has 0 aliphatic carbocycles. The first kappa shape index (κ1) is 12.2. The molecule has 1 N–H and O–H groups in total. The van der Waals surface area contributed by atoms with Gasteiger partial charge in [-0.25, -0.2) is 9.18 Å². The van der Waals surface area contributed by atoms with Crippen molar-refractivity contribution in [2.45, 2.75) is 19.8 Å². The van der Waals surface area contributed by atoms with Gasteiger partial charge < -0.3 is 5.11 Å². The SMILES string of the molecule is CCCc1nnnn1-c1ccc(F)c(C(=O)O)c1. The van der Waals surface area contributed by atoms with Crippen LogP contribution in [0.3, 0.4) is 0 Å². The molecule has 94 valence electrons. The van der Waals surface area contributed by atoms with E-state index in [1.165, 1.54) is 16.8 Å². The van der Waals surface area contributed by atoms with E-state index in [4.69, 9.17) is 5.11 Å². The molecule has 0 aliphatic heterocycles. The first-order valence-electron chi connectivity index (χ1n) is 5.44. The molecular formula is C11H11FN4O2. The van der Waals surface area contributed by atoms with Crippen LogP contribution in [0.2, 0.25) is 0 Å². The minimum atomic E-state index is -1.32. The molecule has 0 spiro atoms. The number of carbonyl (C=O) groups is 1. The van der Waals surface area contributed by atoms with E-state index < -0.39 is 17.3 Å². The molecule has 0 amide bonds. The average Bonchev–Trinajstić information content (AvgIpc) is 2.78. The summed E-state index contributed by atoms with van der Waals surface area (Å²) in [5, 5.41) is 20.0. The van der Waals surface area contributed by atoms with Crippen molar-refractivity contribution in [2.24, 2.45) is 0 Å². The molecule has 1 aromatic carbocycles. The zero-order valence-corrected chi connectivity index (χ0v) is 9.67. The first-order valence-corrected chi connectivity index (χ1v) is 5.44. The number of nitrogens with zero attached hydrogens (tertiary/aromatic N) is 4. The number of hydrogen-bond acceptors (Lipinski definition) is 4. The summed E-state index contributed by atoms with van der Waals surface area (Å²) in [7, 11) is 0. The molecule has 0 atom stereocenters. The lowest BCUT2D eigenvalue weighted by Gasteiger charge is -2.05. The number of hydrogen-bond donors (Lipinski definition) is 1. The van der Waals surface area contributed by atoms with E-state index in [0.717, 1.165) is 12.5 Å². The Bertz CT molecular complexity index is 582. The summed E-state index contributed by atoms with van der Waals surface area (Å²) in [4.78, 5) is 10.9. The van der Waals surface area contributed by atoms with Crippen LogP contribution >= 0.6 is 0 Å². The number of carboxylic acid groups (broad SMARTS) is 1. The van der Waals surface area contributed by atoms with Crippen molar-refractivity contribution in [1.82, 2.24) is 20.2 Å². The summed E-state index contributed by atoms with van der Waals surface area (Å²) < 4.78 is 14.7. The number of halogens is 1. The number of carboxylic acids is 1. The smallest absolute Gasteiger partial charge is 0.338 e. The normalized spacial score (nSPS) is 10.6. The van der Waals surface area contributed by atoms with Crippen LogP contribution < -0.4 is 0 Å². The van der Waals surface area contributed by atoms with Gasteiger partial charge in [-0.1, -0.05) is 6.92 Å². The second kappa shape index (κ2) is 4.91. The van der Waals surface area contributed by atoms with Crippen LogP contribution in [-0.2, 0) is 6.42 Å². The largest absolute Gasteiger partial charge is 0.478 e. The lowest BCUT2D eigenvalue weighted by atomic mass is 10.2. The third kappa shape index (κ3) is 2.20. The maximum absolute atomic E-state index is 13.3. The Morgan fingerprint density at radius 2 is 2.28 bits per heavy atom. The highest BCUT2D eigenvalue weighted by Gasteiger charge is 2.14. The van der Waals surface area contributed by atoms with Gasteiger partial charge in [-0.2, -0.15) is 4.68 Å². The summed E-state index contributed by atoms with van der Waals surface area (Å²) in [6.45, 7) is 1.98. The molecule has 0 saturated carbocycles. The van der Waals surface area contributed by atoms with Gasteiger partial charge in [0.2, 0.25) is 0 Å². The Kier molecular flexibility index (Phi) is 3.31. The van der Waals surface area contributed by atoms with Crippen molar-refractivity contribution in [3.63, 3.8) is 0 Å². The Morgan fingerprint density at radius 3 is 2.94 bits per heavy atom. The van der Waals surface area contributed by atoms with E-state index >= 15 is 0 Å². The molecule has 0 saturated heterocycles. The lowest BCUT2D eigenvalue weighted by Crippen LogP contribution is -2.07. The predicted octanol–water partition coefficient (Wildman–Crippen LogP) is 1.45. The molecule has 0 radical (unpaired) electrons. The number of aromatic nitrogens is 4. The second-order valence-electron chi connectivity index (χ2n) is 3.73. The maximum Gasteiger partial charge on any atom is 0.338 e. The van der Waals surface area contributed by atoms with Gasteiger partial charge in [-0.3, -0.25) is 0 Å². The molecule has 0 fully saturated rings. The molecule has 1 aromatic heterocycles. The van der Waals surface area contributed by atoms with Crippen LogP contribution in [0.4, 0.5) is 4.39 Å². The first-order chi connectivity index (χ1) is 8.63. The fourth-order valence-electron chi connectivity index (χ4n) is 1.59. The van der Waals surface area contributed by atoms with Crippen molar-refractivity contribution in [2.75, 3.05) is 0 Å². The molecule has 2 aromatic rings. The molecular weight excluding hydrogens is 239 g/mol. The zero-order valence-electron chi connectivity index (χ0n) is 9.67. The van der Waals surface area contributed by atoms with E-state index in [0.29, 0.717) is 17.9 Å². The summed E-state index contributed by atoms with van der Waals surface area (Å²) in [5.41, 5.74) is 0.0349. The van der Waals surface area contributed by atoms with Crippen LogP contribution in [0.5, 0.6) is 0 Å². The zero-order chi connectivity index (χ0) is 13.1. The van der Waals surface area contributed by atoms with E-state index in [9.17, 15) is 9.18 Å². The quantitative estimate of drug-likeness (QED) is 0.888. The molecule has 0 aliphatic rings. The van der Waals surface area contributed by atoms with Gasteiger partial charge in [-0.15, -0.1) is 5.10 Å². The molecule has 7 heteroatoms. The number of benzene rings is 1. The Balaban J connectivity index is 2.47. The highest BCUT2D eigenvalue weighted by Crippen LogP contribution is 2.15. The van der Waals surface area contributed by atoms with E-state index in [1.54, 1.807) is 0 Å². The summed E-state index contributed by atoms with van der Waals surface area (Å²) in [6, 6.07) is 3.75. The maximum atomic E-state index is 13.3. The van der Waals surface area contributed by atoms with E-state index in [-0.39, 0.29) is 0 Å². The highest BCUT2D eigenvalue weighted by molar-refractivity contribution is 5.88. The Hall–Kier alpha value is -2.31. The minimum absolute atomic E-state index is 0.398. The van der Waals surface area contributed by atoms with Gasteiger partial charge in [-0.05, 0) is 35.0 Å². The lowest BCUT2D eigenvalue weighted by molar-refractivity contribution is 0.0692. The van der Waals surface area contributed by atoms with E-state index in [1.807, 2.05) is 6.92 Å². The van der Waals surface area contributed by atoms with Crippen LogP contribution in [0.15, 0.2) is 18.2 Å². The van der Waals surface area contributed by atoms with Crippen LogP contribution in [0.1, 0.15) is 29.5 Å². The van der Waals surface area contributed by atoms with Crippen LogP contribution in [0.25, 0.3) is 5.69 Å². The third-order valence-electron chi connectivity index (χ3n) is 2.43. The predicted molar refractivity (Wildman–Crippen MR) is 60.1 cm³/mol. The number of tetrazole rings is 1. The van der Waals surface area contributed by atoms with Gasteiger partial charge in [0.15, 0.2) is 5.82 Å². The fourth-order valence-corrected chi connectivity index (χ4v) is 1.59. The molecule has 6 nitrogen and oxygen atoms in total. The van der Waals surface area contributed by atoms with Gasteiger partial charge in [0.25, 0.3) is 0 Å². The Morgan fingerprint density at radius 1 is 1.50 bits per heavy atom. The Labute approximate surface area is 102 Å². The summed E-state index contributed by atoms with van der Waals surface area (Å²) in [6.07, 6.45) is 1.51.